The monoisotopic (exact) mass is 214 g/mol. The first-order valence-corrected chi connectivity index (χ1v) is 6.55. The molecule has 1 aromatic rings. The lowest BCUT2D eigenvalue weighted by molar-refractivity contribution is 0.225. The van der Waals surface area contributed by atoms with Crippen LogP contribution >= 0.6 is 23.5 Å². The van der Waals surface area contributed by atoms with Crippen molar-refractivity contribution in [2.24, 2.45) is 0 Å². The molecule has 0 heterocycles. The lowest BCUT2D eigenvalue weighted by atomic mass is 10.4. The molecule has 0 amide bonds. The largest absolute Gasteiger partial charge is 0.391 e. The molecule has 0 radical (unpaired) electrons. The second-order valence-corrected chi connectivity index (χ2v) is 4.74. The molecule has 0 fully saturated rings. The summed E-state index contributed by atoms with van der Waals surface area (Å²) in [6.07, 6.45) is 1.82. The molecule has 1 rings (SSSR count). The normalized spacial score (nSPS) is 12.8. The van der Waals surface area contributed by atoms with Crippen LogP contribution in [0.25, 0.3) is 0 Å². The van der Waals surface area contributed by atoms with Crippen LogP contribution in [-0.4, -0.2) is 29.0 Å². The number of thioether (sulfide) groups is 2. The van der Waals surface area contributed by atoms with Gasteiger partial charge in [-0.1, -0.05) is 18.2 Å². The summed E-state index contributed by atoms with van der Waals surface area (Å²) in [4.78, 5) is 1.22. The molecule has 1 nitrogen and oxygen atoms in total. The minimum atomic E-state index is -0.194. The number of benzene rings is 1. The third kappa shape index (κ3) is 4.60. The van der Waals surface area contributed by atoms with Crippen LogP contribution in [0, 0.1) is 0 Å². The Morgan fingerprint density at radius 3 is 2.54 bits per heavy atom. The first-order chi connectivity index (χ1) is 6.33. The summed E-state index contributed by atoms with van der Waals surface area (Å²) < 4.78 is 0. The van der Waals surface area contributed by atoms with E-state index in [2.05, 4.69) is 12.1 Å². The summed E-state index contributed by atoms with van der Waals surface area (Å²) in [5, 5.41) is 9.47. The fraction of sp³-hybridized carbons (Fsp3) is 0.400. The Bertz CT molecular complexity index is 226. The maximum Gasteiger partial charge on any atom is 0.0724 e. The number of aliphatic hydroxyl groups excluding tert-OH is 1. The van der Waals surface area contributed by atoms with Crippen molar-refractivity contribution in [2.75, 3.05) is 17.8 Å². The Kier molecular flexibility index (Phi) is 5.35. The van der Waals surface area contributed by atoms with E-state index in [1.54, 1.807) is 23.5 Å². The Balaban J connectivity index is 2.27. The van der Waals surface area contributed by atoms with Crippen LogP contribution in [0.2, 0.25) is 0 Å². The summed E-state index contributed by atoms with van der Waals surface area (Å²) in [6, 6.07) is 10.2. The molecule has 72 valence electrons. The molecule has 0 aliphatic rings. The predicted molar refractivity (Wildman–Crippen MR) is 61.6 cm³/mol. The van der Waals surface area contributed by atoms with Crippen molar-refractivity contribution in [1.29, 1.82) is 0 Å². The maximum absolute atomic E-state index is 9.47. The van der Waals surface area contributed by atoms with Crippen molar-refractivity contribution in [3.8, 4) is 0 Å². The zero-order valence-corrected chi connectivity index (χ0v) is 9.28. The molecule has 0 aromatic heterocycles. The molecule has 1 unspecified atom stereocenters. The van der Waals surface area contributed by atoms with Crippen LogP contribution < -0.4 is 0 Å². The Hall–Kier alpha value is -0.120. The Morgan fingerprint density at radius 1 is 1.23 bits per heavy atom. The van der Waals surface area contributed by atoms with Gasteiger partial charge >= 0.3 is 0 Å². The van der Waals surface area contributed by atoms with E-state index in [-0.39, 0.29) is 6.10 Å². The standard InChI is InChI=1S/C10H14OS2/c1-12-7-9(11)8-13-10-5-3-2-4-6-10/h2-6,9,11H,7-8H2,1H3. The highest BCUT2D eigenvalue weighted by Crippen LogP contribution is 2.18. The molecule has 0 aliphatic carbocycles. The molecule has 0 saturated heterocycles. The number of hydrogen-bond acceptors (Lipinski definition) is 3. The van der Waals surface area contributed by atoms with E-state index in [1.165, 1.54) is 4.90 Å². The zero-order valence-electron chi connectivity index (χ0n) is 7.64. The van der Waals surface area contributed by atoms with Gasteiger partial charge in [-0.25, -0.2) is 0 Å². The fourth-order valence-corrected chi connectivity index (χ4v) is 2.45. The van der Waals surface area contributed by atoms with Crippen LogP contribution in [0.1, 0.15) is 0 Å². The Morgan fingerprint density at radius 2 is 1.92 bits per heavy atom. The number of rotatable bonds is 5. The lowest BCUT2D eigenvalue weighted by Crippen LogP contribution is -2.12. The molecular formula is C10H14OS2. The topological polar surface area (TPSA) is 20.2 Å². The molecule has 0 aliphatic heterocycles. The lowest BCUT2D eigenvalue weighted by Gasteiger charge is -2.07. The van der Waals surface area contributed by atoms with E-state index in [0.717, 1.165) is 11.5 Å². The maximum atomic E-state index is 9.47. The molecular weight excluding hydrogens is 200 g/mol. The van der Waals surface area contributed by atoms with Crippen LogP contribution in [0.3, 0.4) is 0 Å². The highest BCUT2D eigenvalue weighted by molar-refractivity contribution is 8.00. The van der Waals surface area contributed by atoms with E-state index < -0.39 is 0 Å². The zero-order chi connectivity index (χ0) is 9.52. The minimum absolute atomic E-state index is 0.194. The second kappa shape index (κ2) is 6.35. The van der Waals surface area contributed by atoms with Crippen molar-refractivity contribution < 1.29 is 5.11 Å². The molecule has 13 heavy (non-hydrogen) atoms. The SMILES string of the molecule is CSCC(O)CSc1ccccc1. The third-order valence-electron chi connectivity index (χ3n) is 1.54. The van der Waals surface area contributed by atoms with Gasteiger partial charge in [0, 0.05) is 16.4 Å². The first-order valence-electron chi connectivity index (χ1n) is 4.18. The molecule has 1 N–H and O–H groups in total. The van der Waals surface area contributed by atoms with Crippen LogP contribution in [0.4, 0.5) is 0 Å². The van der Waals surface area contributed by atoms with Gasteiger partial charge in [0.15, 0.2) is 0 Å². The second-order valence-electron chi connectivity index (χ2n) is 2.73. The van der Waals surface area contributed by atoms with Gasteiger partial charge in [-0.3, -0.25) is 0 Å². The number of hydrogen-bond donors (Lipinski definition) is 1. The molecule has 1 atom stereocenters. The van der Waals surface area contributed by atoms with Crippen molar-refractivity contribution >= 4 is 23.5 Å². The summed E-state index contributed by atoms with van der Waals surface area (Å²) in [5.41, 5.74) is 0. The van der Waals surface area contributed by atoms with Gasteiger partial charge in [0.05, 0.1) is 6.10 Å². The van der Waals surface area contributed by atoms with Gasteiger partial charge in [0.2, 0.25) is 0 Å². The van der Waals surface area contributed by atoms with E-state index in [4.69, 9.17) is 0 Å². The van der Waals surface area contributed by atoms with Crippen LogP contribution in [-0.2, 0) is 0 Å². The van der Waals surface area contributed by atoms with E-state index in [0.29, 0.717) is 0 Å². The van der Waals surface area contributed by atoms with E-state index in [1.807, 2.05) is 24.5 Å². The van der Waals surface area contributed by atoms with Crippen molar-refractivity contribution in [1.82, 2.24) is 0 Å². The van der Waals surface area contributed by atoms with Crippen LogP contribution in [0.15, 0.2) is 35.2 Å². The van der Waals surface area contributed by atoms with Gasteiger partial charge in [0.25, 0.3) is 0 Å². The van der Waals surface area contributed by atoms with Crippen molar-refractivity contribution in [2.45, 2.75) is 11.0 Å². The van der Waals surface area contributed by atoms with E-state index >= 15 is 0 Å². The smallest absolute Gasteiger partial charge is 0.0724 e. The highest BCUT2D eigenvalue weighted by atomic mass is 32.2. The average molecular weight is 214 g/mol. The van der Waals surface area contributed by atoms with Gasteiger partial charge in [-0.05, 0) is 18.4 Å². The van der Waals surface area contributed by atoms with Crippen molar-refractivity contribution in [3.63, 3.8) is 0 Å². The molecule has 0 bridgehead atoms. The summed E-state index contributed by atoms with van der Waals surface area (Å²) in [6.45, 7) is 0. The van der Waals surface area contributed by atoms with Gasteiger partial charge in [-0.15, -0.1) is 11.8 Å². The van der Waals surface area contributed by atoms with Gasteiger partial charge in [-0.2, -0.15) is 11.8 Å². The average Bonchev–Trinajstić information content (AvgIpc) is 2.17. The number of aliphatic hydroxyl groups is 1. The fourth-order valence-electron chi connectivity index (χ4n) is 0.950. The van der Waals surface area contributed by atoms with Crippen molar-refractivity contribution in [3.05, 3.63) is 30.3 Å². The molecule has 0 spiro atoms. The summed E-state index contributed by atoms with van der Waals surface area (Å²) in [7, 11) is 0. The van der Waals surface area contributed by atoms with Gasteiger partial charge < -0.3 is 5.11 Å². The molecule has 1 aromatic carbocycles. The molecule has 0 saturated carbocycles. The minimum Gasteiger partial charge on any atom is -0.391 e. The third-order valence-corrected chi connectivity index (χ3v) is 3.42. The van der Waals surface area contributed by atoms with E-state index in [9.17, 15) is 5.11 Å². The van der Waals surface area contributed by atoms with Gasteiger partial charge in [0.1, 0.15) is 0 Å². The predicted octanol–water partition coefficient (Wildman–Crippen LogP) is 2.50. The first kappa shape index (κ1) is 11.0. The Labute approximate surface area is 87.9 Å². The van der Waals surface area contributed by atoms with Crippen LogP contribution in [0.5, 0.6) is 0 Å². The summed E-state index contributed by atoms with van der Waals surface area (Å²) >= 11 is 3.39. The quantitative estimate of drug-likeness (QED) is 0.761. The molecule has 3 heteroatoms. The summed E-state index contributed by atoms with van der Waals surface area (Å²) in [5.74, 6) is 1.60. The highest BCUT2D eigenvalue weighted by Gasteiger charge is 2.02.